The summed E-state index contributed by atoms with van der Waals surface area (Å²) < 4.78 is 12.4. The lowest BCUT2D eigenvalue weighted by Gasteiger charge is -2.56. The second kappa shape index (κ2) is 7.41. The highest BCUT2D eigenvalue weighted by molar-refractivity contribution is 5.40. The third-order valence-corrected chi connectivity index (χ3v) is 10.1. The van der Waals surface area contributed by atoms with Crippen LogP contribution < -0.4 is 0 Å². The number of ether oxygens (including phenoxy) is 2. The first-order valence-corrected chi connectivity index (χ1v) is 12.6. The summed E-state index contributed by atoms with van der Waals surface area (Å²) in [7, 11) is 0. The van der Waals surface area contributed by atoms with Gasteiger partial charge in [-0.05, 0) is 55.3 Å². The fraction of sp³-hybridized carbons (Fsp3) is 0.852. The molecule has 0 radical (unpaired) electrons. The number of hydrogen-bond donors (Lipinski definition) is 2. The molecule has 4 aliphatic carbocycles. The predicted molar refractivity (Wildman–Crippen MR) is 121 cm³/mol. The zero-order valence-corrected chi connectivity index (χ0v) is 20.1. The molecule has 0 spiro atoms. The first-order valence-electron chi connectivity index (χ1n) is 12.6. The van der Waals surface area contributed by atoms with Crippen molar-refractivity contribution in [2.75, 3.05) is 13.2 Å². The molecule has 0 aromatic heterocycles. The molecule has 0 aromatic carbocycles. The summed E-state index contributed by atoms with van der Waals surface area (Å²) in [6, 6.07) is 0. The second-order valence-electron chi connectivity index (χ2n) is 12.6. The van der Waals surface area contributed by atoms with E-state index in [1.54, 1.807) is 5.57 Å². The van der Waals surface area contributed by atoms with Gasteiger partial charge in [0.15, 0.2) is 6.29 Å². The maximum Gasteiger partial charge on any atom is 0.160 e. The van der Waals surface area contributed by atoms with Crippen molar-refractivity contribution < 1.29 is 19.7 Å². The van der Waals surface area contributed by atoms with Crippen molar-refractivity contribution in [1.29, 1.82) is 0 Å². The van der Waals surface area contributed by atoms with Crippen molar-refractivity contribution in [1.82, 2.24) is 0 Å². The average molecular weight is 431 g/mol. The molecule has 0 bridgehead atoms. The van der Waals surface area contributed by atoms with Crippen LogP contribution in [-0.4, -0.2) is 41.9 Å². The highest BCUT2D eigenvalue weighted by atomic mass is 16.7. The fourth-order valence-electron chi connectivity index (χ4n) is 8.15. The van der Waals surface area contributed by atoms with E-state index in [-0.39, 0.29) is 22.5 Å². The molecule has 0 aromatic rings. The Labute approximate surface area is 188 Å². The van der Waals surface area contributed by atoms with Gasteiger partial charge in [-0.25, -0.2) is 0 Å². The van der Waals surface area contributed by atoms with Crippen molar-refractivity contribution in [2.45, 2.75) is 91.6 Å². The van der Waals surface area contributed by atoms with Crippen LogP contribution in [0.2, 0.25) is 0 Å². The van der Waals surface area contributed by atoms with Gasteiger partial charge in [0.1, 0.15) is 0 Å². The molecule has 0 amide bonds. The third kappa shape index (κ3) is 3.31. The maximum atomic E-state index is 11.1. The second-order valence-corrected chi connectivity index (χ2v) is 12.6. The maximum absolute atomic E-state index is 11.1. The van der Waals surface area contributed by atoms with E-state index >= 15 is 0 Å². The summed E-state index contributed by atoms with van der Waals surface area (Å²) in [6.07, 6.45) is 9.67. The molecule has 4 fully saturated rings. The van der Waals surface area contributed by atoms with Crippen LogP contribution in [0.5, 0.6) is 0 Å². The number of fused-ring (bicyclic) bond motifs is 5. The van der Waals surface area contributed by atoms with E-state index in [1.165, 1.54) is 24.8 Å². The Morgan fingerprint density at radius 3 is 2.39 bits per heavy atom. The quantitative estimate of drug-likeness (QED) is 0.657. The number of hydrogen-bond acceptors (Lipinski definition) is 4. The van der Waals surface area contributed by atoms with Gasteiger partial charge in [-0.3, -0.25) is 0 Å². The summed E-state index contributed by atoms with van der Waals surface area (Å²) in [6.45, 7) is 13.1. The molecule has 1 saturated heterocycles. The fourth-order valence-corrected chi connectivity index (χ4v) is 8.15. The van der Waals surface area contributed by atoms with Gasteiger partial charge in [0, 0.05) is 23.2 Å². The van der Waals surface area contributed by atoms with Crippen molar-refractivity contribution in [3.05, 3.63) is 23.3 Å². The standard InChI is InChI=1S/C27H42O4/c1-16(24-30-14-25(2,3)15-31-24)20-8-9-21-19-7-6-17-12-18(28)13-23(29)27(17,5)22(19)10-11-26(20,21)4/h6-7,16,18,20-24,28-29H,8-15H2,1-5H3/t16?,18?,20-,21+,22+,23?,26-,27+/m1/s1. The zero-order chi connectivity index (χ0) is 22.2. The molecule has 1 aliphatic heterocycles. The van der Waals surface area contributed by atoms with E-state index in [0.717, 1.165) is 19.6 Å². The van der Waals surface area contributed by atoms with Crippen LogP contribution in [-0.2, 0) is 9.47 Å². The van der Waals surface area contributed by atoms with Gasteiger partial charge in [0.05, 0.1) is 25.4 Å². The minimum absolute atomic E-state index is 0.0858. The van der Waals surface area contributed by atoms with Gasteiger partial charge in [0.2, 0.25) is 0 Å². The van der Waals surface area contributed by atoms with Crippen molar-refractivity contribution in [3.63, 3.8) is 0 Å². The molecule has 1 heterocycles. The smallest absolute Gasteiger partial charge is 0.160 e. The van der Waals surface area contributed by atoms with Crippen LogP contribution in [0.25, 0.3) is 0 Å². The summed E-state index contributed by atoms with van der Waals surface area (Å²) in [4.78, 5) is 0. The molecule has 174 valence electrons. The monoisotopic (exact) mass is 430 g/mol. The Morgan fingerprint density at radius 1 is 0.968 bits per heavy atom. The molecule has 3 unspecified atom stereocenters. The molecule has 4 nitrogen and oxygen atoms in total. The molecule has 2 N–H and O–H groups in total. The number of allylic oxidation sites excluding steroid dienone is 3. The first kappa shape index (κ1) is 22.1. The molecule has 31 heavy (non-hydrogen) atoms. The molecule has 5 rings (SSSR count). The summed E-state index contributed by atoms with van der Waals surface area (Å²) in [5.41, 5.74) is 2.98. The molecule has 5 aliphatic rings. The topological polar surface area (TPSA) is 58.9 Å². The van der Waals surface area contributed by atoms with E-state index in [2.05, 4.69) is 46.8 Å². The van der Waals surface area contributed by atoms with Crippen molar-refractivity contribution >= 4 is 0 Å². The van der Waals surface area contributed by atoms with Gasteiger partial charge in [-0.15, -0.1) is 0 Å². The van der Waals surface area contributed by atoms with Crippen LogP contribution in [0, 0.1) is 39.9 Å². The predicted octanol–water partition coefficient (Wildman–Crippen LogP) is 4.85. The lowest BCUT2D eigenvalue weighted by molar-refractivity contribution is -0.252. The summed E-state index contributed by atoms with van der Waals surface area (Å²) >= 11 is 0. The average Bonchev–Trinajstić information content (AvgIpc) is 3.06. The van der Waals surface area contributed by atoms with Crippen LogP contribution >= 0.6 is 0 Å². The third-order valence-electron chi connectivity index (χ3n) is 10.1. The normalized spacial score (nSPS) is 48.2. The van der Waals surface area contributed by atoms with Crippen LogP contribution in [0.3, 0.4) is 0 Å². The number of aliphatic hydroxyl groups excluding tert-OH is 2. The summed E-state index contributed by atoms with van der Waals surface area (Å²) in [5.74, 6) is 1.98. The number of aliphatic hydroxyl groups is 2. The Morgan fingerprint density at radius 2 is 1.68 bits per heavy atom. The minimum atomic E-state index is -0.455. The Kier molecular flexibility index (Phi) is 5.29. The first-order chi connectivity index (χ1) is 14.6. The molecular formula is C27H42O4. The van der Waals surface area contributed by atoms with Gasteiger partial charge < -0.3 is 19.7 Å². The van der Waals surface area contributed by atoms with E-state index in [4.69, 9.17) is 9.47 Å². The number of rotatable bonds is 2. The van der Waals surface area contributed by atoms with Gasteiger partial charge in [0.25, 0.3) is 0 Å². The lowest BCUT2D eigenvalue weighted by atomic mass is 9.49. The molecule has 8 atom stereocenters. The van der Waals surface area contributed by atoms with Gasteiger partial charge in [-0.2, -0.15) is 0 Å². The highest BCUT2D eigenvalue weighted by Crippen LogP contribution is 2.66. The van der Waals surface area contributed by atoms with Crippen LogP contribution in [0.15, 0.2) is 23.3 Å². The molecular weight excluding hydrogens is 388 g/mol. The summed E-state index contributed by atoms with van der Waals surface area (Å²) in [5, 5.41) is 21.3. The Bertz CT molecular complexity index is 774. The Balaban J connectivity index is 1.39. The molecule has 3 saturated carbocycles. The SMILES string of the molecule is CC(C1OCC(C)(C)CO1)[C@H]1CC[C@H]2C3=CC=C4CC(O)CC(O)[C@]4(C)[C@H]3CC[C@]12C. The van der Waals surface area contributed by atoms with E-state index < -0.39 is 12.2 Å². The lowest BCUT2D eigenvalue weighted by Crippen LogP contribution is -2.53. The van der Waals surface area contributed by atoms with Gasteiger partial charge in [-0.1, -0.05) is 57.9 Å². The van der Waals surface area contributed by atoms with E-state index in [9.17, 15) is 10.2 Å². The Hall–Kier alpha value is -0.680. The highest BCUT2D eigenvalue weighted by Gasteiger charge is 2.59. The van der Waals surface area contributed by atoms with Crippen LogP contribution in [0.4, 0.5) is 0 Å². The minimum Gasteiger partial charge on any atom is -0.393 e. The van der Waals surface area contributed by atoms with Crippen molar-refractivity contribution in [3.8, 4) is 0 Å². The van der Waals surface area contributed by atoms with Gasteiger partial charge >= 0.3 is 0 Å². The van der Waals surface area contributed by atoms with E-state index in [1.807, 2.05) is 0 Å². The van der Waals surface area contributed by atoms with Crippen molar-refractivity contribution in [2.24, 2.45) is 39.9 Å². The zero-order valence-electron chi connectivity index (χ0n) is 20.1. The largest absolute Gasteiger partial charge is 0.393 e. The van der Waals surface area contributed by atoms with Crippen LogP contribution in [0.1, 0.15) is 73.1 Å². The van der Waals surface area contributed by atoms with E-state index in [0.29, 0.717) is 36.5 Å². The molecule has 4 heteroatoms.